The Labute approximate surface area is 250 Å². The summed E-state index contributed by atoms with van der Waals surface area (Å²) in [6.07, 6.45) is 5.79. The van der Waals surface area contributed by atoms with E-state index in [1.54, 1.807) is 29.2 Å². The molecule has 4 nitrogen and oxygen atoms in total. The molecule has 1 fully saturated rings. The van der Waals surface area contributed by atoms with Crippen molar-refractivity contribution in [3.8, 4) is 0 Å². The van der Waals surface area contributed by atoms with Crippen molar-refractivity contribution in [3.05, 3.63) is 105 Å². The molecule has 0 aromatic heterocycles. The Bertz CT molecular complexity index is 1230. The Hall–Kier alpha value is -2.18. The third kappa shape index (κ3) is 8.91. The molecule has 4 rings (SSSR count). The summed E-state index contributed by atoms with van der Waals surface area (Å²) in [4.78, 5) is 29.4. The van der Waals surface area contributed by atoms with Crippen LogP contribution in [0.1, 0.15) is 48.8 Å². The number of nitrogens with zero attached hydrogens (tertiary/aromatic N) is 1. The first-order valence-electron chi connectivity index (χ1n) is 13.3. The molecule has 0 bridgehead atoms. The van der Waals surface area contributed by atoms with Crippen molar-refractivity contribution in [1.82, 2.24) is 10.2 Å². The molecule has 1 N–H and O–H groups in total. The molecule has 1 aliphatic rings. The molecule has 0 radical (unpaired) electrons. The Morgan fingerprint density at radius 1 is 0.872 bits per heavy atom. The van der Waals surface area contributed by atoms with Gasteiger partial charge in [-0.25, -0.2) is 0 Å². The van der Waals surface area contributed by atoms with Gasteiger partial charge in [0.15, 0.2) is 0 Å². The van der Waals surface area contributed by atoms with Crippen molar-refractivity contribution in [2.45, 2.75) is 62.9 Å². The third-order valence-electron chi connectivity index (χ3n) is 7.00. The number of hydrogen-bond acceptors (Lipinski definition) is 3. The molecule has 0 spiro atoms. The maximum atomic E-state index is 13.8. The maximum Gasteiger partial charge on any atom is 0.243 e. The maximum absolute atomic E-state index is 13.8. The summed E-state index contributed by atoms with van der Waals surface area (Å²) in [6, 6.07) is 22.2. The molecule has 0 heterocycles. The van der Waals surface area contributed by atoms with Gasteiger partial charge in [-0.05, 0) is 53.8 Å². The molecule has 1 saturated carbocycles. The molecule has 206 valence electrons. The van der Waals surface area contributed by atoms with Gasteiger partial charge < -0.3 is 10.2 Å². The summed E-state index contributed by atoms with van der Waals surface area (Å²) in [5.74, 6) is 0.444. The predicted octanol–water partition coefficient (Wildman–Crippen LogP) is 7.97. The number of carbonyl (C=O) groups is 2. The molecule has 0 unspecified atom stereocenters. The number of thioether (sulfide) groups is 1. The van der Waals surface area contributed by atoms with Gasteiger partial charge in [-0.1, -0.05) is 103 Å². The van der Waals surface area contributed by atoms with Crippen LogP contribution in [0.4, 0.5) is 0 Å². The number of rotatable bonds is 11. The molecule has 39 heavy (non-hydrogen) atoms. The SMILES string of the molecule is O=C(NC1CCCCC1)[C@@H](Cc1ccccc1)N(Cc1cccc(Cl)c1)C(=O)CSCc1c(Cl)cccc1Cl. The molecule has 1 aliphatic carbocycles. The molecular formula is C31H33Cl3N2O2S. The van der Waals surface area contributed by atoms with Crippen LogP contribution in [-0.2, 0) is 28.3 Å². The first-order chi connectivity index (χ1) is 18.9. The van der Waals surface area contributed by atoms with Gasteiger partial charge >= 0.3 is 0 Å². The summed E-state index contributed by atoms with van der Waals surface area (Å²) in [7, 11) is 0. The number of nitrogens with one attached hydrogen (secondary N) is 1. The van der Waals surface area contributed by atoms with Crippen molar-refractivity contribution in [3.63, 3.8) is 0 Å². The molecule has 0 saturated heterocycles. The summed E-state index contributed by atoms with van der Waals surface area (Å²) in [5, 5.41) is 5.01. The summed E-state index contributed by atoms with van der Waals surface area (Å²) < 4.78 is 0. The lowest BCUT2D eigenvalue weighted by molar-refractivity contribution is -0.139. The van der Waals surface area contributed by atoms with E-state index < -0.39 is 6.04 Å². The predicted molar refractivity (Wildman–Crippen MR) is 164 cm³/mol. The van der Waals surface area contributed by atoms with Crippen molar-refractivity contribution in [1.29, 1.82) is 0 Å². The fraction of sp³-hybridized carbons (Fsp3) is 0.355. The van der Waals surface area contributed by atoms with Crippen molar-refractivity contribution in [2.75, 3.05) is 5.75 Å². The van der Waals surface area contributed by atoms with Gasteiger partial charge in [-0.15, -0.1) is 11.8 Å². The average Bonchev–Trinajstić information content (AvgIpc) is 2.93. The second kappa shape index (κ2) is 15.0. The number of carbonyl (C=O) groups excluding carboxylic acids is 2. The summed E-state index contributed by atoms with van der Waals surface area (Å²) in [6.45, 7) is 0.280. The number of hydrogen-bond donors (Lipinski definition) is 1. The lowest BCUT2D eigenvalue weighted by Gasteiger charge is -2.33. The van der Waals surface area contributed by atoms with E-state index in [0.29, 0.717) is 27.2 Å². The van der Waals surface area contributed by atoms with Gasteiger partial charge in [-0.3, -0.25) is 9.59 Å². The molecule has 3 aromatic rings. The lowest BCUT2D eigenvalue weighted by Crippen LogP contribution is -2.53. The minimum Gasteiger partial charge on any atom is -0.352 e. The zero-order chi connectivity index (χ0) is 27.6. The van der Waals surface area contributed by atoms with E-state index in [1.807, 2.05) is 48.5 Å². The van der Waals surface area contributed by atoms with Crippen LogP contribution in [0.25, 0.3) is 0 Å². The van der Waals surface area contributed by atoms with Crippen LogP contribution in [-0.4, -0.2) is 34.6 Å². The van der Waals surface area contributed by atoms with Gasteiger partial charge in [0.1, 0.15) is 6.04 Å². The van der Waals surface area contributed by atoms with Gasteiger partial charge in [0.05, 0.1) is 5.75 Å². The highest BCUT2D eigenvalue weighted by molar-refractivity contribution is 7.99. The van der Waals surface area contributed by atoms with Crippen LogP contribution < -0.4 is 5.32 Å². The highest BCUT2D eigenvalue weighted by Crippen LogP contribution is 2.29. The first-order valence-corrected chi connectivity index (χ1v) is 15.6. The minimum atomic E-state index is -0.662. The van der Waals surface area contributed by atoms with E-state index in [0.717, 1.165) is 42.4 Å². The fourth-order valence-corrected chi connectivity index (χ4v) is 6.78. The van der Waals surface area contributed by atoms with Gasteiger partial charge in [0, 0.05) is 39.8 Å². The molecule has 1 atom stereocenters. The standard InChI is InChI=1S/C31H33Cl3N2O2S/c32-24-12-7-11-23(17-24)19-36(30(37)21-39-20-26-27(33)15-8-16-28(26)34)29(18-22-9-3-1-4-10-22)31(38)35-25-13-5-2-6-14-25/h1,3-4,7-12,15-17,25,29H,2,5-6,13-14,18-21H2,(H,35,38)/t29-/m1/s1. The van der Waals surface area contributed by atoms with E-state index in [2.05, 4.69) is 5.32 Å². The monoisotopic (exact) mass is 602 g/mol. The molecule has 3 aromatic carbocycles. The van der Waals surface area contributed by atoms with Crippen molar-refractivity contribution in [2.24, 2.45) is 0 Å². The number of halogens is 3. The number of amides is 2. The second-order valence-electron chi connectivity index (χ2n) is 9.89. The number of benzene rings is 3. The van der Waals surface area contributed by atoms with Gasteiger partial charge in [-0.2, -0.15) is 0 Å². The highest BCUT2D eigenvalue weighted by atomic mass is 35.5. The van der Waals surface area contributed by atoms with E-state index in [1.165, 1.54) is 18.2 Å². The highest BCUT2D eigenvalue weighted by Gasteiger charge is 2.32. The van der Waals surface area contributed by atoms with Crippen LogP contribution in [0.5, 0.6) is 0 Å². The first kappa shape index (κ1) is 29.8. The van der Waals surface area contributed by atoms with Crippen LogP contribution in [0.3, 0.4) is 0 Å². The van der Waals surface area contributed by atoms with Gasteiger partial charge in [0.2, 0.25) is 11.8 Å². The largest absolute Gasteiger partial charge is 0.352 e. The average molecular weight is 604 g/mol. The molecular weight excluding hydrogens is 571 g/mol. The molecule has 2 amide bonds. The zero-order valence-electron chi connectivity index (χ0n) is 21.8. The second-order valence-corrected chi connectivity index (χ2v) is 12.1. The van der Waals surface area contributed by atoms with Crippen molar-refractivity contribution < 1.29 is 9.59 Å². The molecule has 0 aliphatic heterocycles. The van der Waals surface area contributed by atoms with Crippen LogP contribution >= 0.6 is 46.6 Å². The smallest absolute Gasteiger partial charge is 0.243 e. The quantitative estimate of drug-likeness (QED) is 0.242. The van der Waals surface area contributed by atoms with Crippen LogP contribution in [0, 0.1) is 0 Å². The zero-order valence-corrected chi connectivity index (χ0v) is 24.8. The van der Waals surface area contributed by atoms with Gasteiger partial charge in [0.25, 0.3) is 0 Å². The van der Waals surface area contributed by atoms with E-state index in [4.69, 9.17) is 34.8 Å². The van der Waals surface area contributed by atoms with Crippen LogP contribution in [0.15, 0.2) is 72.8 Å². The van der Waals surface area contributed by atoms with Crippen molar-refractivity contribution >= 4 is 58.4 Å². The topological polar surface area (TPSA) is 49.4 Å². The van der Waals surface area contributed by atoms with E-state index >= 15 is 0 Å². The summed E-state index contributed by atoms with van der Waals surface area (Å²) >= 11 is 20.4. The molecule has 8 heteroatoms. The third-order valence-corrected chi connectivity index (χ3v) is 8.89. The Morgan fingerprint density at radius 3 is 2.23 bits per heavy atom. The van der Waals surface area contributed by atoms with E-state index in [9.17, 15) is 9.59 Å². The Morgan fingerprint density at radius 2 is 1.54 bits per heavy atom. The summed E-state index contributed by atoms with van der Waals surface area (Å²) in [5.41, 5.74) is 2.68. The fourth-order valence-electron chi connectivity index (χ4n) is 4.92. The Kier molecular flexibility index (Phi) is 11.5. The minimum absolute atomic E-state index is 0.111. The van der Waals surface area contributed by atoms with Crippen LogP contribution in [0.2, 0.25) is 15.1 Å². The van der Waals surface area contributed by atoms with E-state index in [-0.39, 0.29) is 30.2 Å². The normalized spacial score (nSPS) is 14.5. The Balaban J connectivity index is 1.58. The lowest BCUT2D eigenvalue weighted by atomic mass is 9.94.